The number of aromatic nitrogens is 3. The van der Waals surface area contributed by atoms with Gasteiger partial charge in [0.05, 0.1) is 0 Å². The Kier molecular flexibility index (Phi) is 4.72. The molecule has 0 saturated heterocycles. The predicted octanol–water partition coefficient (Wildman–Crippen LogP) is 4.88. The van der Waals surface area contributed by atoms with Crippen LogP contribution in [0, 0.1) is 12.8 Å². The number of hydrogen-bond donors (Lipinski definition) is 0. The molecule has 1 aliphatic rings. The Bertz CT molecular complexity index is 946. The average molecular weight is 386 g/mol. The van der Waals surface area contributed by atoms with Crippen LogP contribution in [0.4, 0.5) is 0 Å². The Morgan fingerprint density at radius 1 is 1.15 bits per heavy atom. The lowest BCUT2D eigenvalue weighted by Gasteiger charge is -2.27. The molecule has 0 aliphatic heterocycles. The van der Waals surface area contributed by atoms with E-state index < -0.39 is 5.60 Å². The zero-order valence-electron chi connectivity index (χ0n) is 15.9. The zero-order chi connectivity index (χ0) is 19.0. The molecule has 5 nitrogen and oxygen atoms in total. The van der Waals surface area contributed by atoms with Crippen LogP contribution in [0.1, 0.15) is 38.1 Å². The van der Waals surface area contributed by atoms with Gasteiger partial charge in [0.2, 0.25) is 0 Å². The second-order valence-corrected chi connectivity index (χ2v) is 8.30. The highest BCUT2D eigenvalue weighted by atomic mass is 35.5. The van der Waals surface area contributed by atoms with Crippen LogP contribution in [0.3, 0.4) is 0 Å². The number of pyridine rings is 1. The maximum absolute atomic E-state index is 6.08. The first-order chi connectivity index (χ1) is 12.9. The van der Waals surface area contributed by atoms with Gasteiger partial charge in [0.15, 0.2) is 5.65 Å². The number of hydrogen-bond acceptors (Lipinski definition) is 4. The molecule has 0 N–H and O–H groups in total. The molecule has 3 aromatic rings. The minimum absolute atomic E-state index is 0.412. The van der Waals surface area contributed by atoms with E-state index >= 15 is 0 Å². The minimum Gasteiger partial charge on any atom is -0.489 e. The molecule has 1 aliphatic carbocycles. The molecule has 0 radical (unpaired) electrons. The standard InChI is InChI=1S/C21H24ClN3O2/c1-14-18(10-11-25-19(12-15-4-5-15)23-24-20(14)25)26-13-21(2,3)27-17-8-6-16(22)7-9-17/h6-11,15H,4-5,12-13H2,1-3H3. The molecule has 0 spiro atoms. The number of rotatable bonds is 7. The minimum atomic E-state index is -0.489. The van der Waals surface area contributed by atoms with Crippen molar-refractivity contribution in [2.24, 2.45) is 5.92 Å². The number of halogens is 1. The smallest absolute Gasteiger partial charge is 0.167 e. The van der Waals surface area contributed by atoms with Crippen molar-refractivity contribution >= 4 is 17.2 Å². The third-order valence-electron chi connectivity index (χ3n) is 4.80. The van der Waals surface area contributed by atoms with Gasteiger partial charge in [-0.25, -0.2) is 0 Å². The first-order valence-electron chi connectivity index (χ1n) is 9.32. The quantitative estimate of drug-likeness (QED) is 0.581. The van der Waals surface area contributed by atoms with Crippen molar-refractivity contribution in [2.45, 2.75) is 45.6 Å². The first kappa shape index (κ1) is 18.1. The van der Waals surface area contributed by atoms with Gasteiger partial charge in [-0.15, -0.1) is 10.2 Å². The lowest BCUT2D eigenvalue weighted by molar-refractivity contribution is 0.0518. The molecule has 27 heavy (non-hydrogen) atoms. The lowest BCUT2D eigenvalue weighted by atomic mass is 10.1. The molecule has 0 bridgehead atoms. The van der Waals surface area contributed by atoms with E-state index in [1.807, 2.05) is 57.3 Å². The normalized spacial score (nSPS) is 14.5. The lowest BCUT2D eigenvalue weighted by Crippen LogP contribution is -2.35. The zero-order valence-corrected chi connectivity index (χ0v) is 16.7. The van der Waals surface area contributed by atoms with E-state index in [9.17, 15) is 0 Å². The highest BCUT2D eigenvalue weighted by molar-refractivity contribution is 6.30. The predicted molar refractivity (Wildman–Crippen MR) is 106 cm³/mol. The van der Waals surface area contributed by atoms with Crippen LogP contribution in [0.15, 0.2) is 36.5 Å². The van der Waals surface area contributed by atoms with Crippen LogP contribution in [0.2, 0.25) is 5.02 Å². The maximum Gasteiger partial charge on any atom is 0.167 e. The summed E-state index contributed by atoms with van der Waals surface area (Å²) >= 11 is 5.93. The third-order valence-corrected chi connectivity index (χ3v) is 5.05. The van der Waals surface area contributed by atoms with E-state index in [1.54, 1.807) is 0 Å². The summed E-state index contributed by atoms with van der Waals surface area (Å²) in [6.07, 6.45) is 5.61. The number of nitrogens with zero attached hydrogens (tertiary/aromatic N) is 3. The number of fused-ring (bicyclic) bond motifs is 1. The van der Waals surface area contributed by atoms with Gasteiger partial charge in [0.1, 0.15) is 29.5 Å². The summed E-state index contributed by atoms with van der Waals surface area (Å²) in [7, 11) is 0. The number of aryl methyl sites for hydroxylation is 1. The Balaban J connectivity index is 1.46. The third kappa shape index (κ3) is 4.19. The van der Waals surface area contributed by atoms with Gasteiger partial charge in [0, 0.05) is 23.2 Å². The molecule has 142 valence electrons. The second-order valence-electron chi connectivity index (χ2n) is 7.87. The molecule has 0 atom stereocenters. The van der Waals surface area contributed by atoms with Crippen molar-refractivity contribution in [1.82, 2.24) is 14.6 Å². The average Bonchev–Trinajstić information content (AvgIpc) is 3.35. The van der Waals surface area contributed by atoms with Gasteiger partial charge < -0.3 is 9.47 Å². The van der Waals surface area contributed by atoms with E-state index in [1.165, 1.54) is 12.8 Å². The summed E-state index contributed by atoms with van der Waals surface area (Å²) in [5.74, 6) is 3.39. The van der Waals surface area contributed by atoms with Crippen LogP contribution in [0.25, 0.3) is 5.65 Å². The molecular formula is C21H24ClN3O2. The van der Waals surface area contributed by atoms with Crippen molar-refractivity contribution in [3.05, 3.63) is 52.9 Å². The van der Waals surface area contributed by atoms with Gasteiger partial charge in [-0.05, 0) is 69.9 Å². The molecule has 2 heterocycles. The maximum atomic E-state index is 6.08. The van der Waals surface area contributed by atoms with E-state index in [2.05, 4.69) is 14.6 Å². The second kappa shape index (κ2) is 7.04. The van der Waals surface area contributed by atoms with E-state index in [4.69, 9.17) is 21.1 Å². The van der Waals surface area contributed by atoms with Crippen molar-refractivity contribution in [1.29, 1.82) is 0 Å². The van der Waals surface area contributed by atoms with Crippen molar-refractivity contribution in [2.75, 3.05) is 6.61 Å². The van der Waals surface area contributed by atoms with Gasteiger partial charge in [-0.1, -0.05) is 11.6 Å². The highest BCUT2D eigenvalue weighted by Gasteiger charge is 2.25. The summed E-state index contributed by atoms with van der Waals surface area (Å²) < 4.78 is 14.2. The van der Waals surface area contributed by atoms with Crippen LogP contribution >= 0.6 is 11.6 Å². The molecule has 4 rings (SSSR count). The fraction of sp³-hybridized carbons (Fsp3) is 0.429. The van der Waals surface area contributed by atoms with Crippen LogP contribution in [-0.2, 0) is 6.42 Å². The molecule has 1 aromatic carbocycles. The summed E-state index contributed by atoms with van der Waals surface area (Å²) in [6.45, 7) is 6.43. The van der Waals surface area contributed by atoms with Gasteiger partial charge >= 0.3 is 0 Å². The molecule has 6 heteroatoms. The fourth-order valence-corrected chi connectivity index (χ4v) is 3.22. The molecule has 0 unspecified atom stereocenters. The largest absolute Gasteiger partial charge is 0.489 e. The van der Waals surface area contributed by atoms with Gasteiger partial charge in [-0.2, -0.15) is 0 Å². The summed E-state index contributed by atoms with van der Waals surface area (Å²) in [6, 6.07) is 9.34. The molecule has 1 saturated carbocycles. The molecule has 0 amide bonds. The SMILES string of the molecule is Cc1c(OCC(C)(C)Oc2ccc(Cl)cc2)ccn2c(CC3CC3)nnc12. The number of ether oxygens (including phenoxy) is 2. The van der Waals surface area contributed by atoms with E-state index in [0.29, 0.717) is 11.6 Å². The van der Waals surface area contributed by atoms with Crippen molar-refractivity contribution in [3.63, 3.8) is 0 Å². The van der Waals surface area contributed by atoms with E-state index in [-0.39, 0.29) is 0 Å². The Morgan fingerprint density at radius 3 is 2.59 bits per heavy atom. The number of benzene rings is 1. The Labute approximate surface area is 164 Å². The van der Waals surface area contributed by atoms with Crippen LogP contribution < -0.4 is 9.47 Å². The van der Waals surface area contributed by atoms with Gasteiger partial charge in [-0.3, -0.25) is 4.40 Å². The monoisotopic (exact) mass is 385 g/mol. The Morgan fingerprint density at radius 2 is 1.89 bits per heavy atom. The van der Waals surface area contributed by atoms with Crippen LogP contribution in [0.5, 0.6) is 11.5 Å². The highest BCUT2D eigenvalue weighted by Crippen LogP contribution is 2.33. The molecule has 1 fully saturated rings. The summed E-state index contributed by atoms with van der Waals surface area (Å²) in [4.78, 5) is 0. The molecule has 2 aromatic heterocycles. The summed E-state index contributed by atoms with van der Waals surface area (Å²) in [5, 5.41) is 9.43. The first-order valence-corrected chi connectivity index (χ1v) is 9.70. The van der Waals surface area contributed by atoms with Crippen molar-refractivity contribution in [3.8, 4) is 11.5 Å². The summed E-state index contributed by atoms with van der Waals surface area (Å²) in [5.41, 5.74) is 1.37. The fourth-order valence-electron chi connectivity index (χ4n) is 3.09. The topological polar surface area (TPSA) is 48.7 Å². The van der Waals surface area contributed by atoms with Gasteiger partial charge in [0.25, 0.3) is 0 Å². The van der Waals surface area contributed by atoms with Crippen molar-refractivity contribution < 1.29 is 9.47 Å². The van der Waals surface area contributed by atoms with E-state index in [0.717, 1.165) is 40.9 Å². The van der Waals surface area contributed by atoms with Crippen LogP contribution in [-0.4, -0.2) is 26.8 Å². The Hall–Kier alpha value is -2.27. The molecular weight excluding hydrogens is 362 g/mol.